The molecule has 4 nitrogen and oxygen atoms in total. The van der Waals surface area contributed by atoms with Gasteiger partial charge in [0.15, 0.2) is 0 Å². The van der Waals surface area contributed by atoms with Crippen LogP contribution in [0.15, 0.2) is 47.4 Å². The maximum atomic E-state index is 12.5. The van der Waals surface area contributed by atoms with Crippen LogP contribution in [0.4, 0.5) is 0 Å². The van der Waals surface area contributed by atoms with Gasteiger partial charge in [-0.25, -0.2) is 13.1 Å². The molecule has 1 N–H and O–H groups in total. The summed E-state index contributed by atoms with van der Waals surface area (Å²) < 4.78 is 33.6. The van der Waals surface area contributed by atoms with Gasteiger partial charge in [-0.1, -0.05) is 29.8 Å². The first-order valence-electron chi connectivity index (χ1n) is 6.76. The van der Waals surface area contributed by atoms with Crippen molar-refractivity contribution in [2.75, 3.05) is 7.11 Å². The van der Waals surface area contributed by atoms with Gasteiger partial charge in [0.05, 0.1) is 15.6 Å². The predicted octanol–water partition coefficient (Wildman–Crippen LogP) is 3.65. The molecular weight excluding hydrogens is 413 g/mol. The Morgan fingerprint density at radius 1 is 1.14 bits per heavy atom. The minimum atomic E-state index is -3.58. The number of hydrogen-bond acceptors (Lipinski definition) is 3. The summed E-state index contributed by atoms with van der Waals surface area (Å²) in [4.78, 5) is 0.233. The van der Waals surface area contributed by atoms with E-state index in [4.69, 9.17) is 4.74 Å². The Kier molecular flexibility index (Phi) is 5.46. The fraction of sp³-hybridized carbons (Fsp3) is 0.250. The van der Waals surface area contributed by atoms with Crippen molar-refractivity contribution in [3.8, 4) is 5.75 Å². The van der Waals surface area contributed by atoms with E-state index in [0.717, 1.165) is 14.7 Å². The van der Waals surface area contributed by atoms with E-state index in [-0.39, 0.29) is 10.9 Å². The van der Waals surface area contributed by atoms with Crippen molar-refractivity contribution in [1.29, 1.82) is 0 Å². The average molecular weight is 431 g/mol. The highest BCUT2D eigenvalue weighted by atomic mass is 127. The van der Waals surface area contributed by atoms with Gasteiger partial charge in [-0.2, -0.15) is 0 Å². The zero-order valence-corrected chi connectivity index (χ0v) is 15.6. The second-order valence-electron chi connectivity index (χ2n) is 5.05. The number of halogens is 1. The number of hydrogen-bond donors (Lipinski definition) is 1. The summed E-state index contributed by atoms with van der Waals surface area (Å²) in [6, 6.07) is 12.3. The van der Waals surface area contributed by atoms with E-state index in [9.17, 15) is 8.42 Å². The van der Waals surface area contributed by atoms with Crippen LogP contribution in [0.2, 0.25) is 0 Å². The molecule has 118 valence electrons. The topological polar surface area (TPSA) is 55.4 Å². The van der Waals surface area contributed by atoms with Crippen molar-refractivity contribution >= 4 is 32.6 Å². The van der Waals surface area contributed by atoms with Gasteiger partial charge in [-0.3, -0.25) is 0 Å². The molecule has 22 heavy (non-hydrogen) atoms. The normalized spacial score (nSPS) is 12.9. The van der Waals surface area contributed by atoms with E-state index in [0.29, 0.717) is 5.75 Å². The molecule has 0 aliphatic carbocycles. The molecule has 0 heterocycles. The molecule has 2 rings (SSSR count). The predicted molar refractivity (Wildman–Crippen MR) is 95.6 cm³/mol. The number of nitrogens with one attached hydrogen (secondary N) is 1. The summed E-state index contributed by atoms with van der Waals surface area (Å²) in [6.07, 6.45) is 0. The maximum absolute atomic E-state index is 12.5. The van der Waals surface area contributed by atoms with E-state index in [2.05, 4.69) is 27.3 Å². The number of benzene rings is 2. The Morgan fingerprint density at radius 3 is 2.32 bits per heavy atom. The Balaban J connectivity index is 2.23. The third kappa shape index (κ3) is 3.99. The first-order chi connectivity index (χ1) is 10.3. The molecule has 0 bridgehead atoms. The smallest absolute Gasteiger partial charge is 0.241 e. The lowest BCUT2D eigenvalue weighted by molar-refractivity contribution is 0.411. The van der Waals surface area contributed by atoms with Gasteiger partial charge in [0, 0.05) is 6.04 Å². The quantitative estimate of drug-likeness (QED) is 0.736. The molecule has 1 atom stereocenters. The summed E-state index contributed by atoms with van der Waals surface area (Å²) in [6.45, 7) is 3.83. The third-order valence-corrected chi connectivity index (χ3v) is 5.72. The van der Waals surface area contributed by atoms with Crippen molar-refractivity contribution in [3.63, 3.8) is 0 Å². The van der Waals surface area contributed by atoms with Gasteiger partial charge >= 0.3 is 0 Å². The number of aryl methyl sites for hydroxylation is 1. The Morgan fingerprint density at radius 2 is 1.77 bits per heavy atom. The van der Waals surface area contributed by atoms with E-state index in [1.807, 2.05) is 38.1 Å². The number of sulfonamides is 1. The highest BCUT2D eigenvalue weighted by molar-refractivity contribution is 14.1. The molecule has 2 aromatic rings. The lowest BCUT2D eigenvalue weighted by atomic mass is 10.1. The molecule has 0 spiro atoms. The van der Waals surface area contributed by atoms with Crippen LogP contribution in [0.5, 0.6) is 5.75 Å². The summed E-state index contributed by atoms with van der Waals surface area (Å²) >= 11 is 2.06. The Labute approximate surface area is 145 Å². The van der Waals surface area contributed by atoms with Crippen molar-refractivity contribution in [1.82, 2.24) is 4.72 Å². The number of rotatable bonds is 5. The van der Waals surface area contributed by atoms with Crippen molar-refractivity contribution in [2.24, 2.45) is 0 Å². The summed E-state index contributed by atoms with van der Waals surface area (Å²) in [5, 5.41) is 0. The van der Waals surface area contributed by atoms with Crippen LogP contribution in [0.1, 0.15) is 24.1 Å². The number of ether oxygens (including phenoxy) is 1. The van der Waals surface area contributed by atoms with Crippen LogP contribution < -0.4 is 9.46 Å². The number of methoxy groups -OCH3 is 1. The molecule has 0 radical (unpaired) electrons. The monoisotopic (exact) mass is 431 g/mol. The van der Waals surface area contributed by atoms with Crippen molar-refractivity contribution < 1.29 is 13.2 Å². The molecular formula is C16H18INO3S. The van der Waals surface area contributed by atoms with Gasteiger partial charge in [0.1, 0.15) is 5.75 Å². The van der Waals surface area contributed by atoms with Gasteiger partial charge in [0.25, 0.3) is 0 Å². The highest BCUT2D eigenvalue weighted by Gasteiger charge is 2.19. The third-order valence-electron chi connectivity index (χ3n) is 3.34. The molecule has 0 amide bonds. The fourth-order valence-electron chi connectivity index (χ4n) is 2.04. The highest BCUT2D eigenvalue weighted by Crippen LogP contribution is 2.25. The van der Waals surface area contributed by atoms with Crippen LogP contribution in [0.3, 0.4) is 0 Å². The lowest BCUT2D eigenvalue weighted by Gasteiger charge is -2.15. The van der Waals surface area contributed by atoms with Crippen LogP contribution in [-0.4, -0.2) is 15.5 Å². The molecule has 6 heteroatoms. The van der Waals surface area contributed by atoms with E-state index >= 15 is 0 Å². The lowest BCUT2D eigenvalue weighted by Crippen LogP contribution is -2.27. The van der Waals surface area contributed by atoms with E-state index in [1.165, 1.54) is 0 Å². The summed E-state index contributed by atoms with van der Waals surface area (Å²) in [7, 11) is -2.02. The molecule has 0 aliphatic heterocycles. The minimum Gasteiger partial charge on any atom is -0.496 e. The molecule has 2 aromatic carbocycles. The van der Waals surface area contributed by atoms with Crippen molar-refractivity contribution in [2.45, 2.75) is 24.8 Å². The standard InChI is InChI=1S/C16H18INO3S/c1-11-4-6-13(7-5-11)12(2)18-22(19,20)14-8-9-16(21-3)15(17)10-14/h4-10,12,18H,1-3H3/t12-/m1/s1. The molecule has 0 saturated heterocycles. The molecule has 0 unspecified atom stereocenters. The SMILES string of the molecule is COc1ccc(S(=O)(=O)N[C@H](C)c2ccc(C)cc2)cc1I. The molecule has 0 saturated carbocycles. The van der Waals surface area contributed by atoms with Crippen LogP contribution in [0, 0.1) is 10.5 Å². The van der Waals surface area contributed by atoms with E-state index < -0.39 is 10.0 Å². The summed E-state index contributed by atoms with van der Waals surface area (Å²) in [5.41, 5.74) is 2.07. The first-order valence-corrected chi connectivity index (χ1v) is 9.32. The van der Waals surface area contributed by atoms with Gasteiger partial charge < -0.3 is 4.74 Å². The van der Waals surface area contributed by atoms with Gasteiger partial charge in [-0.05, 0) is 60.2 Å². The van der Waals surface area contributed by atoms with Gasteiger partial charge in [-0.15, -0.1) is 0 Å². The largest absolute Gasteiger partial charge is 0.496 e. The molecule has 0 aromatic heterocycles. The van der Waals surface area contributed by atoms with Crippen LogP contribution >= 0.6 is 22.6 Å². The minimum absolute atomic E-state index is 0.233. The molecule has 0 fully saturated rings. The first kappa shape index (κ1) is 17.2. The fourth-order valence-corrected chi connectivity index (χ4v) is 4.24. The van der Waals surface area contributed by atoms with Crippen LogP contribution in [0.25, 0.3) is 0 Å². The zero-order chi connectivity index (χ0) is 16.3. The average Bonchev–Trinajstić information content (AvgIpc) is 2.47. The molecule has 0 aliphatic rings. The Bertz CT molecular complexity index is 757. The second-order valence-corrected chi connectivity index (χ2v) is 7.93. The van der Waals surface area contributed by atoms with Gasteiger partial charge in [0.2, 0.25) is 10.0 Å². The zero-order valence-electron chi connectivity index (χ0n) is 12.6. The van der Waals surface area contributed by atoms with Crippen LogP contribution in [-0.2, 0) is 10.0 Å². The maximum Gasteiger partial charge on any atom is 0.241 e. The Hall–Kier alpha value is -1.12. The second kappa shape index (κ2) is 6.97. The van der Waals surface area contributed by atoms with Crippen molar-refractivity contribution in [3.05, 3.63) is 57.2 Å². The summed E-state index contributed by atoms with van der Waals surface area (Å²) in [5.74, 6) is 0.658. The van der Waals surface area contributed by atoms with E-state index in [1.54, 1.807) is 25.3 Å².